The van der Waals surface area contributed by atoms with Gasteiger partial charge in [0.15, 0.2) is 5.17 Å². The summed E-state index contributed by atoms with van der Waals surface area (Å²) in [5, 5.41) is 3.27. The second kappa shape index (κ2) is 8.31. The predicted octanol–water partition coefficient (Wildman–Crippen LogP) is 5.39. The number of rotatable bonds is 3. The lowest BCUT2D eigenvalue weighted by Gasteiger charge is -2.45. The zero-order valence-electron chi connectivity index (χ0n) is 17.3. The Labute approximate surface area is 185 Å². The van der Waals surface area contributed by atoms with E-state index in [1.54, 1.807) is 17.8 Å². The zero-order chi connectivity index (χ0) is 22.1. The Balaban J connectivity index is 1.61. The molecule has 1 saturated carbocycles. The van der Waals surface area contributed by atoms with Gasteiger partial charge in [0, 0.05) is 22.2 Å². The van der Waals surface area contributed by atoms with E-state index >= 15 is 0 Å². The SMILES string of the molecule is [C-]#[N+]c1ccc(C(=O)Nc2ccc(F)c(C3(C)CC4(CCCCC4)SC(N)=N3)c2)nc1. The van der Waals surface area contributed by atoms with Gasteiger partial charge in [0.05, 0.1) is 12.1 Å². The summed E-state index contributed by atoms with van der Waals surface area (Å²) in [7, 11) is 0. The molecule has 31 heavy (non-hydrogen) atoms. The number of nitrogens with two attached hydrogens (primary N) is 1. The van der Waals surface area contributed by atoms with Crippen molar-refractivity contribution in [1.29, 1.82) is 0 Å². The normalized spacial score (nSPS) is 22.4. The highest BCUT2D eigenvalue weighted by molar-refractivity contribution is 8.15. The standard InChI is InChI=1S/C23H24FN5OS/c1-22(14-23(31-21(25)29-22)10-4-3-5-11-23)17-12-15(6-8-18(17)24)28-20(30)19-9-7-16(26-2)13-27-19/h6-9,12-13H,3-5,10-11,14H2,1H3,(H2,25,29)(H,28,30). The van der Waals surface area contributed by atoms with Crippen LogP contribution < -0.4 is 11.1 Å². The van der Waals surface area contributed by atoms with Crippen LogP contribution in [0.2, 0.25) is 0 Å². The Kier molecular flexibility index (Phi) is 5.71. The molecular formula is C23H24FN5OS. The van der Waals surface area contributed by atoms with Crippen molar-refractivity contribution in [2.24, 2.45) is 10.7 Å². The van der Waals surface area contributed by atoms with Gasteiger partial charge in [-0.25, -0.2) is 9.24 Å². The molecule has 1 aromatic carbocycles. The largest absolute Gasteiger partial charge is 0.378 e. The first kappa shape index (κ1) is 21.3. The van der Waals surface area contributed by atoms with E-state index in [1.807, 2.05) is 6.92 Å². The van der Waals surface area contributed by atoms with Crippen LogP contribution in [0.1, 0.15) is 61.5 Å². The molecule has 2 aliphatic rings. The molecule has 1 atom stereocenters. The topological polar surface area (TPSA) is 84.7 Å². The Bertz CT molecular complexity index is 1070. The second-order valence-corrected chi connectivity index (χ2v) is 9.90. The summed E-state index contributed by atoms with van der Waals surface area (Å²) in [4.78, 5) is 24.5. The predicted molar refractivity (Wildman–Crippen MR) is 122 cm³/mol. The Hall–Kier alpha value is -2.92. The van der Waals surface area contributed by atoms with Gasteiger partial charge in [-0.2, -0.15) is 0 Å². The number of benzene rings is 1. The van der Waals surface area contributed by atoms with Crippen LogP contribution in [0.4, 0.5) is 15.8 Å². The monoisotopic (exact) mass is 437 g/mol. The molecule has 1 aliphatic carbocycles. The number of thioether (sulfide) groups is 1. The number of pyridine rings is 1. The maximum atomic E-state index is 15.0. The fourth-order valence-electron chi connectivity index (χ4n) is 4.62. The van der Waals surface area contributed by atoms with Crippen molar-refractivity contribution in [3.05, 3.63) is 65.0 Å². The highest BCUT2D eigenvalue weighted by atomic mass is 32.2. The van der Waals surface area contributed by atoms with Gasteiger partial charge >= 0.3 is 0 Å². The zero-order valence-corrected chi connectivity index (χ0v) is 18.1. The number of anilines is 1. The van der Waals surface area contributed by atoms with Gasteiger partial charge in [0.2, 0.25) is 5.69 Å². The van der Waals surface area contributed by atoms with Gasteiger partial charge in [0.25, 0.3) is 5.91 Å². The van der Waals surface area contributed by atoms with Gasteiger partial charge in [-0.3, -0.25) is 14.8 Å². The molecule has 1 amide bonds. The van der Waals surface area contributed by atoms with Gasteiger partial charge in [0.1, 0.15) is 11.5 Å². The lowest BCUT2D eigenvalue weighted by molar-refractivity contribution is 0.102. The van der Waals surface area contributed by atoms with Crippen LogP contribution in [0.15, 0.2) is 41.5 Å². The molecule has 3 N–H and O–H groups in total. The average molecular weight is 438 g/mol. The molecule has 4 rings (SSSR count). The summed E-state index contributed by atoms with van der Waals surface area (Å²) in [5.74, 6) is -0.792. The Morgan fingerprint density at radius 1 is 1.26 bits per heavy atom. The minimum absolute atomic E-state index is 0.0148. The number of hydrogen-bond donors (Lipinski definition) is 2. The highest BCUT2D eigenvalue weighted by Gasteiger charge is 2.46. The first-order valence-electron chi connectivity index (χ1n) is 10.3. The third-order valence-corrected chi connectivity index (χ3v) is 7.31. The minimum atomic E-state index is -0.799. The van der Waals surface area contributed by atoms with E-state index in [-0.39, 0.29) is 16.3 Å². The van der Waals surface area contributed by atoms with Crippen molar-refractivity contribution >= 4 is 34.2 Å². The number of amides is 1. The van der Waals surface area contributed by atoms with Crippen LogP contribution >= 0.6 is 11.8 Å². The van der Waals surface area contributed by atoms with E-state index in [0.29, 0.717) is 28.5 Å². The van der Waals surface area contributed by atoms with Gasteiger partial charge < -0.3 is 11.1 Å². The lowest BCUT2D eigenvalue weighted by atomic mass is 9.76. The summed E-state index contributed by atoms with van der Waals surface area (Å²) in [6.45, 7) is 8.90. The molecule has 2 aromatic rings. The van der Waals surface area contributed by atoms with Crippen LogP contribution in [-0.4, -0.2) is 20.8 Å². The number of halogens is 1. The van der Waals surface area contributed by atoms with Gasteiger partial charge in [-0.1, -0.05) is 37.1 Å². The van der Waals surface area contributed by atoms with E-state index in [0.717, 1.165) is 25.7 Å². The van der Waals surface area contributed by atoms with Crippen molar-refractivity contribution in [2.75, 3.05) is 5.32 Å². The lowest BCUT2D eigenvalue weighted by Crippen LogP contribution is -2.43. The molecule has 160 valence electrons. The van der Waals surface area contributed by atoms with Crippen LogP contribution in [0, 0.1) is 12.4 Å². The summed E-state index contributed by atoms with van der Waals surface area (Å²) in [5.41, 5.74) is 6.84. The fourth-order valence-corrected chi connectivity index (χ4v) is 6.16. The maximum Gasteiger partial charge on any atom is 0.274 e. The molecule has 8 heteroatoms. The summed E-state index contributed by atoms with van der Waals surface area (Å²) < 4.78 is 14.9. The fraction of sp³-hybridized carbons (Fsp3) is 0.391. The third kappa shape index (κ3) is 4.42. The molecule has 0 saturated heterocycles. The summed E-state index contributed by atoms with van der Waals surface area (Å²) >= 11 is 1.63. The van der Waals surface area contributed by atoms with Crippen LogP contribution in [0.5, 0.6) is 0 Å². The number of aromatic nitrogens is 1. The quantitative estimate of drug-likeness (QED) is 0.630. The Morgan fingerprint density at radius 3 is 2.71 bits per heavy atom. The summed E-state index contributed by atoms with van der Waals surface area (Å²) in [6.07, 6.45) is 7.67. The molecular weight excluding hydrogens is 413 g/mol. The third-order valence-electron chi connectivity index (χ3n) is 6.02. The second-order valence-electron chi connectivity index (χ2n) is 8.41. The van der Waals surface area contributed by atoms with Crippen molar-refractivity contribution in [2.45, 2.75) is 55.7 Å². The summed E-state index contributed by atoms with van der Waals surface area (Å²) in [6, 6.07) is 7.54. The first-order valence-corrected chi connectivity index (χ1v) is 11.1. The Morgan fingerprint density at radius 2 is 2.03 bits per heavy atom. The van der Waals surface area contributed by atoms with Crippen LogP contribution in [-0.2, 0) is 5.54 Å². The van der Waals surface area contributed by atoms with E-state index in [9.17, 15) is 9.18 Å². The van der Waals surface area contributed by atoms with E-state index in [1.165, 1.54) is 36.9 Å². The van der Waals surface area contributed by atoms with Crippen LogP contribution in [0.3, 0.4) is 0 Å². The van der Waals surface area contributed by atoms with Crippen LogP contribution in [0.25, 0.3) is 4.85 Å². The van der Waals surface area contributed by atoms with E-state index < -0.39 is 11.4 Å². The number of hydrogen-bond acceptors (Lipinski definition) is 5. The molecule has 0 bridgehead atoms. The molecule has 1 unspecified atom stereocenters. The molecule has 1 spiro atoms. The number of carbonyl (C=O) groups is 1. The average Bonchev–Trinajstić information content (AvgIpc) is 2.74. The molecule has 0 radical (unpaired) electrons. The molecule has 6 nitrogen and oxygen atoms in total. The van der Waals surface area contributed by atoms with E-state index in [2.05, 4.69) is 20.1 Å². The van der Waals surface area contributed by atoms with Crippen molar-refractivity contribution in [3.8, 4) is 0 Å². The van der Waals surface area contributed by atoms with Crippen molar-refractivity contribution < 1.29 is 9.18 Å². The number of nitrogens with zero attached hydrogens (tertiary/aromatic N) is 3. The number of carbonyl (C=O) groups excluding carboxylic acids is 1. The minimum Gasteiger partial charge on any atom is -0.378 e. The maximum absolute atomic E-state index is 15.0. The smallest absolute Gasteiger partial charge is 0.274 e. The molecule has 1 fully saturated rings. The number of aliphatic imine (C=N–C) groups is 1. The van der Waals surface area contributed by atoms with Crippen molar-refractivity contribution in [1.82, 2.24) is 4.98 Å². The number of nitrogens with one attached hydrogen (secondary N) is 1. The molecule has 1 aromatic heterocycles. The highest BCUT2D eigenvalue weighted by Crippen LogP contribution is 2.52. The molecule has 2 heterocycles. The van der Waals surface area contributed by atoms with Gasteiger partial charge in [-0.15, -0.1) is 0 Å². The van der Waals surface area contributed by atoms with Crippen molar-refractivity contribution in [3.63, 3.8) is 0 Å². The van der Waals surface area contributed by atoms with E-state index in [4.69, 9.17) is 12.3 Å². The van der Waals surface area contributed by atoms with Gasteiger partial charge in [-0.05, 0) is 50.5 Å². The number of amidine groups is 1. The first-order chi connectivity index (χ1) is 14.8. The molecule has 1 aliphatic heterocycles.